The van der Waals surface area contributed by atoms with Crippen LogP contribution in [-0.2, 0) is 14.8 Å². The highest BCUT2D eigenvalue weighted by Gasteiger charge is 2.30. The molecule has 0 aliphatic heterocycles. The molecular formula is C13H15N3O4S. The van der Waals surface area contributed by atoms with Gasteiger partial charge in [0.15, 0.2) is 0 Å². The topological polar surface area (TPSA) is 112 Å². The lowest BCUT2D eigenvalue weighted by atomic mass is 10.1. The summed E-state index contributed by atoms with van der Waals surface area (Å²) >= 11 is 0. The van der Waals surface area contributed by atoms with Crippen LogP contribution in [0.1, 0.15) is 23.0 Å². The van der Waals surface area contributed by atoms with Gasteiger partial charge in [0.1, 0.15) is 10.9 Å². The van der Waals surface area contributed by atoms with Crippen molar-refractivity contribution in [3.63, 3.8) is 0 Å². The van der Waals surface area contributed by atoms with E-state index in [1.165, 1.54) is 6.92 Å². The number of H-pyrrole nitrogens is 1. The Morgan fingerprint density at radius 3 is 2.38 bits per heavy atom. The van der Waals surface area contributed by atoms with Gasteiger partial charge in [-0.1, -0.05) is 30.3 Å². The minimum Gasteiger partial charge on any atom is -0.480 e. The minimum absolute atomic E-state index is 0.0234. The summed E-state index contributed by atoms with van der Waals surface area (Å²) in [5.41, 5.74) is 1.00. The number of hydrogen-bond donors (Lipinski definition) is 3. The smallest absolute Gasteiger partial charge is 0.326 e. The molecule has 112 valence electrons. The van der Waals surface area contributed by atoms with Gasteiger partial charge in [0, 0.05) is 0 Å². The summed E-state index contributed by atoms with van der Waals surface area (Å²) < 4.78 is 27.0. The predicted octanol–water partition coefficient (Wildman–Crippen LogP) is 1.13. The normalized spacial score (nSPS) is 13.0. The SMILES string of the molecule is Cc1n[nH]c(C)c1S(=O)(=O)NC(C(=O)O)c1ccccc1. The molecule has 1 aromatic carbocycles. The Hall–Kier alpha value is -2.19. The molecule has 1 aromatic heterocycles. The Balaban J connectivity index is 2.40. The monoisotopic (exact) mass is 309 g/mol. The lowest BCUT2D eigenvalue weighted by Crippen LogP contribution is -2.34. The van der Waals surface area contributed by atoms with Crippen LogP contribution in [0, 0.1) is 13.8 Å². The zero-order valence-electron chi connectivity index (χ0n) is 11.5. The number of carboxylic acid groups (broad SMARTS) is 1. The fourth-order valence-electron chi connectivity index (χ4n) is 2.06. The van der Waals surface area contributed by atoms with Crippen molar-refractivity contribution in [2.75, 3.05) is 0 Å². The first kappa shape index (κ1) is 15.2. The van der Waals surface area contributed by atoms with Crippen LogP contribution in [0.25, 0.3) is 0 Å². The van der Waals surface area contributed by atoms with E-state index >= 15 is 0 Å². The van der Waals surface area contributed by atoms with E-state index < -0.39 is 22.0 Å². The zero-order chi connectivity index (χ0) is 15.6. The Bertz CT molecular complexity index is 733. The van der Waals surface area contributed by atoms with Crippen molar-refractivity contribution in [3.05, 3.63) is 47.3 Å². The molecule has 7 nitrogen and oxygen atoms in total. The van der Waals surface area contributed by atoms with Gasteiger partial charge in [0.2, 0.25) is 10.0 Å². The third-order valence-corrected chi connectivity index (χ3v) is 4.67. The van der Waals surface area contributed by atoms with Crippen LogP contribution >= 0.6 is 0 Å². The van der Waals surface area contributed by atoms with Crippen LogP contribution in [0.15, 0.2) is 35.2 Å². The number of aromatic amines is 1. The van der Waals surface area contributed by atoms with E-state index in [0.29, 0.717) is 11.3 Å². The van der Waals surface area contributed by atoms with Crippen LogP contribution in [0.2, 0.25) is 0 Å². The molecule has 0 fully saturated rings. The molecule has 0 saturated heterocycles. The molecule has 1 heterocycles. The molecule has 0 spiro atoms. The summed E-state index contributed by atoms with van der Waals surface area (Å²) in [6.07, 6.45) is 0. The highest BCUT2D eigenvalue weighted by Crippen LogP contribution is 2.21. The van der Waals surface area contributed by atoms with E-state index in [9.17, 15) is 18.3 Å². The highest BCUT2D eigenvalue weighted by atomic mass is 32.2. The fraction of sp³-hybridized carbons (Fsp3) is 0.231. The van der Waals surface area contributed by atoms with Crippen LogP contribution in [0.3, 0.4) is 0 Å². The van der Waals surface area contributed by atoms with Crippen LogP contribution in [0.5, 0.6) is 0 Å². The number of hydrogen-bond acceptors (Lipinski definition) is 4. The second kappa shape index (κ2) is 5.66. The largest absolute Gasteiger partial charge is 0.480 e. The zero-order valence-corrected chi connectivity index (χ0v) is 12.3. The summed E-state index contributed by atoms with van der Waals surface area (Å²) in [6, 6.07) is 6.76. The molecular weight excluding hydrogens is 294 g/mol. The van der Waals surface area contributed by atoms with E-state index in [4.69, 9.17) is 0 Å². The van der Waals surface area contributed by atoms with Gasteiger partial charge < -0.3 is 5.11 Å². The quantitative estimate of drug-likeness (QED) is 0.766. The minimum atomic E-state index is -4.00. The number of carboxylic acids is 1. The number of aromatic nitrogens is 2. The molecule has 0 amide bonds. The molecule has 21 heavy (non-hydrogen) atoms. The van der Waals surface area contributed by atoms with Gasteiger partial charge in [-0.3, -0.25) is 9.89 Å². The Kier molecular flexibility index (Phi) is 4.10. The van der Waals surface area contributed by atoms with Crippen molar-refractivity contribution in [3.8, 4) is 0 Å². The van der Waals surface area contributed by atoms with Gasteiger partial charge in [-0.05, 0) is 19.4 Å². The van der Waals surface area contributed by atoms with Crippen LogP contribution in [-0.4, -0.2) is 29.7 Å². The van der Waals surface area contributed by atoms with E-state index in [0.717, 1.165) is 0 Å². The van der Waals surface area contributed by atoms with Gasteiger partial charge >= 0.3 is 5.97 Å². The number of aliphatic carboxylic acids is 1. The summed E-state index contributed by atoms with van der Waals surface area (Å²) in [4.78, 5) is 11.3. The maximum Gasteiger partial charge on any atom is 0.326 e. The molecule has 2 aromatic rings. The van der Waals surface area contributed by atoms with Crippen molar-refractivity contribution < 1.29 is 18.3 Å². The van der Waals surface area contributed by atoms with Crippen molar-refractivity contribution >= 4 is 16.0 Å². The average molecular weight is 309 g/mol. The second-order valence-corrected chi connectivity index (χ2v) is 6.22. The first-order valence-electron chi connectivity index (χ1n) is 6.14. The van der Waals surface area contributed by atoms with Crippen molar-refractivity contribution in [2.45, 2.75) is 24.8 Å². The number of nitrogens with one attached hydrogen (secondary N) is 2. The maximum atomic E-state index is 12.4. The number of aryl methyl sites for hydroxylation is 2. The lowest BCUT2D eigenvalue weighted by Gasteiger charge is -2.15. The highest BCUT2D eigenvalue weighted by molar-refractivity contribution is 7.89. The number of sulfonamides is 1. The molecule has 3 N–H and O–H groups in total. The lowest BCUT2D eigenvalue weighted by molar-refractivity contribution is -0.139. The standard InChI is InChI=1S/C13H15N3O4S/c1-8-12(9(2)15-14-8)21(19,20)16-11(13(17)18)10-6-4-3-5-7-10/h3-7,11,16H,1-2H3,(H,14,15)(H,17,18). The fourth-order valence-corrected chi connectivity index (χ4v) is 3.61. The average Bonchev–Trinajstić information content (AvgIpc) is 2.77. The number of nitrogens with zero attached hydrogens (tertiary/aromatic N) is 1. The first-order chi connectivity index (χ1) is 9.83. The third kappa shape index (κ3) is 3.11. The van der Waals surface area contributed by atoms with Crippen molar-refractivity contribution in [1.82, 2.24) is 14.9 Å². The first-order valence-corrected chi connectivity index (χ1v) is 7.63. The van der Waals surface area contributed by atoms with Crippen LogP contribution < -0.4 is 4.72 Å². The van der Waals surface area contributed by atoms with Crippen LogP contribution in [0.4, 0.5) is 0 Å². The van der Waals surface area contributed by atoms with E-state index in [2.05, 4.69) is 14.9 Å². The molecule has 1 atom stereocenters. The van der Waals surface area contributed by atoms with Crippen molar-refractivity contribution in [2.24, 2.45) is 0 Å². The van der Waals surface area contributed by atoms with E-state index in [1.807, 2.05) is 0 Å². The van der Waals surface area contributed by atoms with Crippen molar-refractivity contribution in [1.29, 1.82) is 0 Å². The Morgan fingerprint density at radius 1 is 1.29 bits per heavy atom. The van der Waals surface area contributed by atoms with Gasteiger partial charge in [-0.25, -0.2) is 8.42 Å². The number of rotatable bonds is 5. The predicted molar refractivity (Wildman–Crippen MR) is 75.2 cm³/mol. The molecule has 0 radical (unpaired) electrons. The summed E-state index contributed by atoms with van der Waals surface area (Å²) in [5, 5.41) is 15.7. The maximum absolute atomic E-state index is 12.4. The number of carbonyl (C=O) groups is 1. The van der Waals surface area contributed by atoms with E-state index in [-0.39, 0.29) is 10.6 Å². The summed E-state index contributed by atoms with van der Waals surface area (Å²) in [6.45, 7) is 3.10. The third-order valence-electron chi connectivity index (χ3n) is 2.98. The molecule has 8 heteroatoms. The Labute approximate surface area is 122 Å². The number of benzene rings is 1. The van der Waals surface area contributed by atoms with Gasteiger partial charge in [0.05, 0.1) is 11.4 Å². The molecule has 0 bridgehead atoms. The van der Waals surface area contributed by atoms with E-state index in [1.54, 1.807) is 37.3 Å². The van der Waals surface area contributed by atoms with Gasteiger partial charge in [-0.2, -0.15) is 9.82 Å². The summed E-state index contributed by atoms with van der Waals surface area (Å²) in [7, 11) is -4.00. The molecule has 2 rings (SSSR count). The molecule has 0 saturated carbocycles. The van der Waals surface area contributed by atoms with Gasteiger partial charge in [-0.15, -0.1) is 0 Å². The second-order valence-electron chi connectivity index (χ2n) is 4.57. The Morgan fingerprint density at radius 2 is 1.90 bits per heavy atom. The van der Waals surface area contributed by atoms with Gasteiger partial charge in [0.25, 0.3) is 0 Å². The molecule has 1 unspecified atom stereocenters. The molecule has 0 aliphatic rings. The molecule has 0 aliphatic carbocycles. The summed E-state index contributed by atoms with van der Waals surface area (Å²) in [5.74, 6) is -1.27.